The van der Waals surface area contributed by atoms with E-state index in [1.54, 1.807) is 0 Å². The standard InChI is InChI=1S/C24H32BN3O3.C2H6/c1-6-22(29)21(28-27-19-12-8-7-9-13-19)16-18-11-10-14-20(15-18)26-25-30-17-23(2,3)24(4,5)31-25;1-2/h6-9,12-15,26-27H,1,10-11,16-17H2,2-5H3;1-2H3/b28-21-;. The molecule has 3 rings (SSSR count). The van der Waals surface area contributed by atoms with Crippen LogP contribution in [0.1, 0.15) is 60.8 Å². The number of para-hydroxylation sites is 1. The zero-order chi connectivity index (χ0) is 24.5. The lowest BCUT2D eigenvalue weighted by Gasteiger charge is -2.47. The van der Waals surface area contributed by atoms with Crippen molar-refractivity contribution in [1.82, 2.24) is 5.23 Å². The number of ketones is 1. The van der Waals surface area contributed by atoms with Crippen molar-refractivity contribution in [3.05, 3.63) is 66.4 Å². The number of carbonyl (C=O) groups is 1. The Morgan fingerprint density at radius 3 is 2.55 bits per heavy atom. The van der Waals surface area contributed by atoms with Crippen LogP contribution in [0.5, 0.6) is 0 Å². The fraction of sp³-hybridized carbons (Fsp3) is 0.462. The lowest BCUT2D eigenvalue weighted by atomic mass is 9.74. The zero-order valence-electron chi connectivity index (χ0n) is 20.9. The van der Waals surface area contributed by atoms with E-state index in [2.05, 4.69) is 62.2 Å². The molecule has 33 heavy (non-hydrogen) atoms. The number of hydrazone groups is 1. The molecule has 1 heterocycles. The van der Waals surface area contributed by atoms with Crippen LogP contribution in [0.15, 0.2) is 71.5 Å². The normalized spacial score (nSPS) is 19.3. The summed E-state index contributed by atoms with van der Waals surface area (Å²) in [6.45, 7) is 16.7. The number of benzene rings is 1. The predicted octanol–water partition coefficient (Wildman–Crippen LogP) is 5.66. The molecule has 1 fully saturated rings. The first kappa shape index (κ1) is 26.6. The molecule has 178 valence electrons. The van der Waals surface area contributed by atoms with E-state index in [0.717, 1.165) is 29.8 Å². The van der Waals surface area contributed by atoms with Crippen molar-refractivity contribution < 1.29 is 14.1 Å². The second kappa shape index (κ2) is 12.0. The Bertz CT molecular complexity index is 905. The summed E-state index contributed by atoms with van der Waals surface area (Å²) < 4.78 is 12.0. The van der Waals surface area contributed by atoms with Crippen molar-refractivity contribution in [3.8, 4) is 0 Å². The summed E-state index contributed by atoms with van der Waals surface area (Å²) in [5, 5.41) is 7.69. The molecule has 1 saturated heterocycles. The van der Waals surface area contributed by atoms with Gasteiger partial charge < -0.3 is 14.5 Å². The van der Waals surface area contributed by atoms with Gasteiger partial charge in [0, 0.05) is 24.1 Å². The molecule has 0 amide bonds. The van der Waals surface area contributed by atoms with Crippen molar-refractivity contribution in [1.29, 1.82) is 0 Å². The molecule has 0 unspecified atom stereocenters. The Kier molecular flexibility index (Phi) is 9.68. The third-order valence-electron chi connectivity index (χ3n) is 6.06. The molecule has 6 nitrogen and oxygen atoms in total. The van der Waals surface area contributed by atoms with Gasteiger partial charge in [-0.25, -0.2) is 0 Å². The molecule has 1 aliphatic carbocycles. The molecule has 0 saturated carbocycles. The van der Waals surface area contributed by atoms with Gasteiger partial charge in [0.15, 0.2) is 0 Å². The molecule has 1 aromatic carbocycles. The van der Waals surface area contributed by atoms with Crippen LogP contribution < -0.4 is 10.7 Å². The van der Waals surface area contributed by atoms with Crippen molar-refractivity contribution in [2.45, 2.75) is 66.4 Å². The van der Waals surface area contributed by atoms with Crippen LogP contribution in [0.25, 0.3) is 0 Å². The third kappa shape index (κ3) is 7.44. The quantitative estimate of drug-likeness (QED) is 0.231. The van der Waals surface area contributed by atoms with Crippen LogP contribution in [-0.4, -0.2) is 31.0 Å². The Labute approximate surface area is 199 Å². The largest absolute Gasteiger partial charge is 0.590 e. The minimum absolute atomic E-state index is 0.0741. The lowest BCUT2D eigenvalue weighted by Crippen LogP contribution is -2.58. The van der Waals surface area contributed by atoms with E-state index in [9.17, 15) is 4.79 Å². The van der Waals surface area contributed by atoms with E-state index in [1.165, 1.54) is 6.08 Å². The van der Waals surface area contributed by atoms with E-state index in [0.29, 0.717) is 18.7 Å². The summed E-state index contributed by atoms with van der Waals surface area (Å²) in [7, 11) is -0.507. The first-order valence-corrected chi connectivity index (χ1v) is 11.7. The molecule has 0 bridgehead atoms. The molecule has 0 spiro atoms. The summed E-state index contributed by atoms with van der Waals surface area (Å²) in [6, 6.07) is 9.56. The Morgan fingerprint density at radius 2 is 1.91 bits per heavy atom. The number of hydrogen-bond donors (Lipinski definition) is 2. The number of anilines is 1. The third-order valence-corrected chi connectivity index (χ3v) is 6.06. The van der Waals surface area contributed by atoms with Gasteiger partial charge in [-0.05, 0) is 51.0 Å². The number of rotatable bonds is 8. The topological polar surface area (TPSA) is 72.0 Å². The molecule has 0 aromatic heterocycles. The first-order chi connectivity index (χ1) is 15.7. The Hall–Kier alpha value is -2.64. The van der Waals surface area contributed by atoms with Gasteiger partial charge in [0.1, 0.15) is 5.71 Å². The first-order valence-electron chi connectivity index (χ1n) is 11.7. The highest BCUT2D eigenvalue weighted by atomic mass is 16.6. The molecule has 7 heteroatoms. The van der Waals surface area contributed by atoms with Crippen LogP contribution in [0.2, 0.25) is 0 Å². The van der Waals surface area contributed by atoms with Crippen LogP contribution in [0.4, 0.5) is 5.69 Å². The van der Waals surface area contributed by atoms with Crippen LogP contribution in [-0.2, 0) is 14.1 Å². The van der Waals surface area contributed by atoms with Gasteiger partial charge in [-0.1, -0.05) is 64.1 Å². The van der Waals surface area contributed by atoms with Crippen molar-refractivity contribution in [2.24, 2.45) is 10.5 Å². The van der Waals surface area contributed by atoms with Gasteiger partial charge in [-0.2, -0.15) is 5.10 Å². The van der Waals surface area contributed by atoms with Gasteiger partial charge in [0.05, 0.1) is 11.3 Å². The van der Waals surface area contributed by atoms with E-state index in [1.807, 2.05) is 44.2 Å². The fourth-order valence-electron chi connectivity index (χ4n) is 3.29. The maximum Gasteiger partial charge on any atom is 0.590 e. The van der Waals surface area contributed by atoms with E-state index < -0.39 is 7.25 Å². The minimum atomic E-state index is -0.507. The lowest BCUT2D eigenvalue weighted by molar-refractivity contribution is -0.109. The van der Waals surface area contributed by atoms with E-state index in [-0.39, 0.29) is 16.8 Å². The van der Waals surface area contributed by atoms with E-state index in [4.69, 9.17) is 9.31 Å². The number of allylic oxidation sites excluding steroid dienone is 4. The summed E-state index contributed by atoms with van der Waals surface area (Å²) in [4.78, 5) is 12.4. The molecule has 0 atom stereocenters. The summed E-state index contributed by atoms with van der Waals surface area (Å²) >= 11 is 0. The molecular weight excluding hydrogens is 413 g/mol. The highest BCUT2D eigenvalue weighted by Gasteiger charge is 2.47. The average molecular weight is 451 g/mol. The second-order valence-electron chi connectivity index (χ2n) is 9.08. The molecule has 0 radical (unpaired) electrons. The summed E-state index contributed by atoms with van der Waals surface area (Å²) in [5.74, 6) is -0.184. The fourth-order valence-corrected chi connectivity index (χ4v) is 3.29. The molecule has 1 aliphatic heterocycles. The number of carbonyl (C=O) groups excluding carboxylic acids is 1. The van der Waals surface area contributed by atoms with Crippen molar-refractivity contribution in [3.63, 3.8) is 0 Å². The zero-order valence-corrected chi connectivity index (χ0v) is 20.9. The maximum absolute atomic E-state index is 12.4. The van der Waals surface area contributed by atoms with Crippen LogP contribution in [0.3, 0.4) is 0 Å². The number of hydrogen-bond acceptors (Lipinski definition) is 6. The van der Waals surface area contributed by atoms with Crippen LogP contribution >= 0.6 is 0 Å². The Balaban J connectivity index is 0.00000187. The maximum atomic E-state index is 12.4. The molecular formula is C26H38BN3O3. The van der Waals surface area contributed by atoms with Crippen molar-refractivity contribution in [2.75, 3.05) is 12.0 Å². The van der Waals surface area contributed by atoms with Gasteiger partial charge >= 0.3 is 7.25 Å². The predicted molar refractivity (Wildman–Crippen MR) is 138 cm³/mol. The van der Waals surface area contributed by atoms with Gasteiger partial charge in [0.2, 0.25) is 5.78 Å². The number of nitrogens with zero attached hydrogens (tertiary/aromatic N) is 1. The SMILES string of the molecule is C=CC(=O)/C(CC1=CC(NB2OCC(C)(C)C(C)(C)O2)=CCC1)=N\Nc1ccccc1.CC. The average Bonchev–Trinajstić information content (AvgIpc) is 2.81. The van der Waals surface area contributed by atoms with E-state index >= 15 is 0 Å². The number of nitrogens with one attached hydrogen (secondary N) is 2. The molecule has 2 N–H and O–H groups in total. The summed E-state index contributed by atoms with van der Waals surface area (Å²) in [5.41, 5.74) is 5.88. The van der Waals surface area contributed by atoms with Gasteiger partial charge in [-0.15, -0.1) is 0 Å². The van der Waals surface area contributed by atoms with Gasteiger partial charge in [-0.3, -0.25) is 10.2 Å². The van der Waals surface area contributed by atoms with Crippen LogP contribution in [0, 0.1) is 5.41 Å². The molecule has 1 aromatic rings. The van der Waals surface area contributed by atoms with Gasteiger partial charge in [0.25, 0.3) is 0 Å². The Morgan fingerprint density at radius 1 is 1.21 bits per heavy atom. The second-order valence-corrected chi connectivity index (χ2v) is 9.08. The highest BCUT2D eigenvalue weighted by molar-refractivity contribution is 6.44. The molecule has 2 aliphatic rings. The van der Waals surface area contributed by atoms with Crippen molar-refractivity contribution >= 4 is 24.4 Å². The minimum Gasteiger partial charge on any atom is -0.391 e. The smallest absolute Gasteiger partial charge is 0.391 e. The highest BCUT2D eigenvalue weighted by Crippen LogP contribution is 2.37. The monoisotopic (exact) mass is 451 g/mol. The summed E-state index contributed by atoms with van der Waals surface area (Å²) in [6.07, 6.45) is 7.67.